The number of alkyl halides is 2. The van der Waals surface area contributed by atoms with Crippen molar-refractivity contribution >= 4 is 46.0 Å². The first-order valence-electron chi connectivity index (χ1n) is 1.79. The third kappa shape index (κ3) is 8.11. The molecular weight excluding hydrogens is 200 g/mol. The zero-order valence-electron chi connectivity index (χ0n) is 4.25. The van der Waals surface area contributed by atoms with E-state index in [0.717, 1.165) is 0 Å². The van der Waals surface area contributed by atoms with Crippen molar-refractivity contribution in [1.29, 1.82) is 0 Å². The third-order valence-electron chi connectivity index (χ3n) is 0.360. The van der Waals surface area contributed by atoms with Crippen molar-refractivity contribution in [2.45, 2.75) is 6.43 Å². The molecule has 4 nitrogen and oxygen atoms in total. The van der Waals surface area contributed by atoms with Crippen molar-refractivity contribution in [2.75, 3.05) is 0 Å². The molecule has 0 rings (SSSR count). The summed E-state index contributed by atoms with van der Waals surface area (Å²) in [5.41, 5.74) is 0. The first-order valence-corrected chi connectivity index (χ1v) is 3.10. The molecule has 0 atom stereocenters. The predicted molar refractivity (Wildman–Crippen MR) is 29.3 cm³/mol. The van der Waals surface area contributed by atoms with Gasteiger partial charge in [0.15, 0.2) is 0 Å². The Morgan fingerprint density at radius 2 is 1.73 bits per heavy atom. The quantitative estimate of drug-likeness (QED) is 0.441. The zero-order chi connectivity index (χ0) is 8.36. The van der Waals surface area contributed by atoms with Crippen LogP contribution in [0.15, 0.2) is 0 Å². The second kappa shape index (κ2) is 4.96. The number of carbonyl (C=O) groups is 1. The van der Waals surface area contributed by atoms with E-state index in [4.69, 9.17) is 0 Å². The summed E-state index contributed by atoms with van der Waals surface area (Å²) in [5.74, 6) is -2.43. The predicted octanol–water partition coefficient (Wildman–Crippen LogP) is -0.639. The SMILES string of the molecule is O=C(OS(=O)(=O)F)C(F)F.[NaH]. The Hall–Kier alpha value is 0.210. The van der Waals surface area contributed by atoms with Gasteiger partial charge in [-0.15, -0.1) is 0 Å². The van der Waals surface area contributed by atoms with Crippen molar-refractivity contribution in [1.82, 2.24) is 0 Å². The summed E-state index contributed by atoms with van der Waals surface area (Å²) < 4.78 is 54.5. The molecule has 0 aliphatic carbocycles. The van der Waals surface area contributed by atoms with Crippen LogP contribution in [0.3, 0.4) is 0 Å². The summed E-state index contributed by atoms with van der Waals surface area (Å²) >= 11 is 0. The van der Waals surface area contributed by atoms with E-state index in [2.05, 4.69) is 4.18 Å². The van der Waals surface area contributed by atoms with Gasteiger partial charge in [0.05, 0.1) is 0 Å². The van der Waals surface area contributed by atoms with Crippen LogP contribution in [0.1, 0.15) is 0 Å². The van der Waals surface area contributed by atoms with Crippen LogP contribution in [-0.4, -0.2) is 50.4 Å². The van der Waals surface area contributed by atoms with E-state index in [9.17, 15) is 25.9 Å². The van der Waals surface area contributed by atoms with Gasteiger partial charge in [-0.1, -0.05) is 3.89 Å². The number of carbonyl (C=O) groups excluding carboxylic acids is 1. The Morgan fingerprint density at radius 3 is 1.82 bits per heavy atom. The summed E-state index contributed by atoms with van der Waals surface area (Å²) in [6, 6.07) is 0. The molecule has 0 saturated carbocycles. The van der Waals surface area contributed by atoms with E-state index in [-0.39, 0.29) is 29.6 Å². The molecule has 0 saturated heterocycles. The van der Waals surface area contributed by atoms with Gasteiger partial charge in [0, 0.05) is 0 Å². The van der Waals surface area contributed by atoms with Crippen molar-refractivity contribution < 1.29 is 30.1 Å². The molecule has 0 unspecified atom stereocenters. The zero-order valence-corrected chi connectivity index (χ0v) is 5.07. The molecule has 0 aliphatic rings. The molecule has 0 heterocycles. The average molecular weight is 202 g/mol. The molecule has 62 valence electrons. The van der Waals surface area contributed by atoms with Crippen LogP contribution in [0.25, 0.3) is 0 Å². The van der Waals surface area contributed by atoms with E-state index in [1.54, 1.807) is 0 Å². The van der Waals surface area contributed by atoms with Crippen LogP contribution in [0.4, 0.5) is 12.7 Å². The molecule has 0 aromatic carbocycles. The van der Waals surface area contributed by atoms with Crippen molar-refractivity contribution in [3.05, 3.63) is 0 Å². The van der Waals surface area contributed by atoms with Gasteiger partial charge < -0.3 is 4.18 Å². The second-order valence-electron chi connectivity index (χ2n) is 1.10. The van der Waals surface area contributed by atoms with Crippen molar-refractivity contribution in [2.24, 2.45) is 0 Å². The average Bonchev–Trinajstić information content (AvgIpc) is 1.60. The summed E-state index contributed by atoms with van der Waals surface area (Å²) in [5, 5.41) is 0. The van der Waals surface area contributed by atoms with E-state index < -0.39 is 22.9 Å². The van der Waals surface area contributed by atoms with Crippen molar-refractivity contribution in [3.63, 3.8) is 0 Å². The fourth-order valence-corrected chi connectivity index (χ4v) is 0.403. The third-order valence-corrected chi connectivity index (χ3v) is 0.723. The number of hydrogen-bond acceptors (Lipinski definition) is 4. The maximum absolute atomic E-state index is 11.2. The summed E-state index contributed by atoms with van der Waals surface area (Å²) in [6.45, 7) is 0. The summed E-state index contributed by atoms with van der Waals surface area (Å²) in [4.78, 5) is 9.57. The molecule has 0 amide bonds. The van der Waals surface area contributed by atoms with Gasteiger partial charge in [-0.05, 0) is 0 Å². The molecule has 0 bridgehead atoms. The fourth-order valence-electron chi connectivity index (χ4n) is 0.134. The van der Waals surface area contributed by atoms with Crippen LogP contribution in [0, 0.1) is 0 Å². The minimum atomic E-state index is -5.60. The fraction of sp³-hybridized carbons (Fsp3) is 0.500. The van der Waals surface area contributed by atoms with Crippen LogP contribution >= 0.6 is 0 Å². The standard InChI is InChI=1S/C2HF3O4S.Na.H/c3-1(4)2(6)9-10(5,7)8;;/h1H;;. The van der Waals surface area contributed by atoms with Gasteiger partial charge in [0.1, 0.15) is 0 Å². The number of halogens is 3. The first kappa shape index (κ1) is 13.8. The van der Waals surface area contributed by atoms with Crippen LogP contribution in [0.2, 0.25) is 0 Å². The van der Waals surface area contributed by atoms with E-state index in [1.807, 2.05) is 0 Å². The molecule has 9 heteroatoms. The van der Waals surface area contributed by atoms with Gasteiger partial charge in [-0.2, -0.15) is 17.2 Å². The normalized spacial score (nSPS) is 10.5. The van der Waals surface area contributed by atoms with E-state index in [0.29, 0.717) is 0 Å². The van der Waals surface area contributed by atoms with Gasteiger partial charge in [0.25, 0.3) is 0 Å². The van der Waals surface area contributed by atoms with E-state index in [1.165, 1.54) is 0 Å². The Labute approximate surface area is 82.4 Å². The summed E-state index contributed by atoms with van der Waals surface area (Å²) in [6.07, 6.45) is -3.65. The maximum atomic E-state index is 11.2. The van der Waals surface area contributed by atoms with Gasteiger partial charge in [-0.3, -0.25) is 0 Å². The van der Waals surface area contributed by atoms with Gasteiger partial charge in [0.2, 0.25) is 0 Å². The topological polar surface area (TPSA) is 60.4 Å². The molecular formula is C2H2F3NaO4S. The van der Waals surface area contributed by atoms with Crippen LogP contribution in [0.5, 0.6) is 0 Å². The van der Waals surface area contributed by atoms with Gasteiger partial charge >= 0.3 is 52.5 Å². The minimum absolute atomic E-state index is 0. The second-order valence-corrected chi connectivity index (χ2v) is 2.05. The summed E-state index contributed by atoms with van der Waals surface area (Å²) in [7, 11) is -5.60. The Kier molecular flexibility index (Phi) is 6.22. The van der Waals surface area contributed by atoms with Crippen LogP contribution < -0.4 is 0 Å². The molecule has 0 fully saturated rings. The molecule has 11 heavy (non-hydrogen) atoms. The molecule has 0 aromatic rings. The molecule has 0 aromatic heterocycles. The Morgan fingerprint density at radius 1 is 1.36 bits per heavy atom. The Balaban J connectivity index is 0. The molecule has 0 radical (unpaired) electrons. The first-order chi connectivity index (χ1) is 4.33. The van der Waals surface area contributed by atoms with Crippen molar-refractivity contribution in [3.8, 4) is 0 Å². The van der Waals surface area contributed by atoms with Gasteiger partial charge in [-0.25, -0.2) is 4.79 Å². The number of hydrogen-bond donors (Lipinski definition) is 0. The molecule has 0 aliphatic heterocycles. The Bertz CT molecular complexity index is 223. The monoisotopic (exact) mass is 202 g/mol. The molecule has 0 spiro atoms. The van der Waals surface area contributed by atoms with E-state index >= 15 is 0 Å². The molecule has 0 N–H and O–H groups in total. The van der Waals surface area contributed by atoms with Crippen LogP contribution in [-0.2, 0) is 19.5 Å². The number of rotatable bonds is 2.